The molecule has 0 aliphatic carbocycles. The average molecular weight is 194 g/mol. The summed E-state index contributed by atoms with van der Waals surface area (Å²) in [7, 11) is 2.82. The molecule has 1 heterocycles. The van der Waals surface area contributed by atoms with Gasteiger partial charge in [0.05, 0.1) is 12.7 Å². The lowest BCUT2D eigenvalue weighted by atomic mass is 9.98. The van der Waals surface area contributed by atoms with E-state index < -0.39 is 0 Å². The first-order chi connectivity index (χ1) is 6.40. The quantitative estimate of drug-likeness (QED) is 0.528. The van der Waals surface area contributed by atoms with E-state index in [0.717, 1.165) is 19.2 Å². The molecule has 0 aromatic heterocycles. The van der Waals surface area contributed by atoms with E-state index in [-0.39, 0.29) is 0 Å². The minimum atomic E-state index is 0.526. The highest BCUT2D eigenvalue weighted by molar-refractivity contribution is 7.16. The lowest BCUT2D eigenvalue weighted by Gasteiger charge is -2.10. The third kappa shape index (κ3) is 2.52. The fourth-order valence-electron chi connectivity index (χ4n) is 1.61. The molecule has 1 aromatic carbocycles. The molecule has 1 nitrogen and oxygen atoms in total. The van der Waals surface area contributed by atoms with E-state index >= 15 is 0 Å². The molecule has 13 heavy (non-hydrogen) atoms. The van der Waals surface area contributed by atoms with Gasteiger partial charge in [0.1, 0.15) is 0 Å². The largest absolute Gasteiger partial charge is 0.373 e. The fraction of sp³-hybridized carbons (Fsp3) is 0.455. The Bertz CT molecular complexity index is 256. The van der Waals surface area contributed by atoms with E-state index in [1.807, 2.05) is 0 Å². The highest BCUT2D eigenvalue weighted by Crippen LogP contribution is 2.25. The van der Waals surface area contributed by atoms with Crippen LogP contribution in [-0.2, 0) is 11.2 Å². The Labute approximate surface area is 81.7 Å². The first-order valence-corrected chi connectivity index (χ1v) is 5.57. The predicted octanol–water partition coefficient (Wildman–Crippen LogP) is 2.12. The summed E-state index contributed by atoms with van der Waals surface area (Å²) < 4.78 is 5.32. The van der Waals surface area contributed by atoms with Crippen molar-refractivity contribution < 1.29 is 4.74 Å². The third-order valence-electron chi connectivity index (χ3n) is 2.53. The average Bonchev–Trinajstić information content (AvgIpc) is 2.99. The van der Waals surface area contributed by atoms with Crippen molar-refractivity contribution in [3.63, 3.8) is 0 Å². The van der Waals surface area contributed by atoms with Crippen LogP contribution in [0.2, 0.25) is 0 Å². The minimum Gasteiger partial charge on any atom is -0.373 e. The number of ether oxygens (including phenoxy) is 1. The van der Waals surface area contributed by atoms with Gasteiger partial charge in [-0.15, -0.1) is 9.24 Å². The SMILES string of the molecule is PC[C@@H](Cc1ccccc1)[C@@H]1CO1. The van der Waals surface area contributed by atoms with Gasteiger partial charge in [-0.3, -0.25) is 0 Å². The monoisotopic (exact) mass is 194 g/mol. The molecule has 0 saturated carbocycles. The molecule has 0 bridgehead atoms. The molecule has 3 atom stereocenters. The molecule has 1 aromatic rings. The van der Waals surface area contributed by atoms with Crippen molar-refractivity contribution in [3.8, 4) is 0 Å². The lowest BCUT2D eigenvalue weighted by molar-refractivity contribution is 0.344. The van der Waals surface area contributed by atoms with Crippen LogP contribution in [0.1, 0.15) is 5.56 Å². The summed E-state index contributed by atoms with van der Waals surface area (Å²) in [5, 5.41) is 0. The first-order valence-electron chi connectivity index (χ1n) is 4.75. The maximum Gasteiger partial charge on any atom is 0.0844 e. The smallest absolute Gasteiger partial charge is 0.0844 e. The van der Waals surface area contributed by atoms with Gasteiger partial charge in [-0.25, -0.2) is 0 Å². The summed E-state index contributed by atoms with van der Waals surface area (Å²) in [6.07, 6.45) is 2.81. The standard InChI is InChI=1S/C11H15OP/c13-8-10(11-7-12-11)6-9-4-2-1-3-5-9/h1-5,10-11H,6-8,13H2/t10-,11+/m1/s1. The van der Waals surface area contributed by atoms with E-state index in [9.17, 15) is 0 Å². The van der Waals surface area contributed by atoms with Gasteiger partial charge >= 0.3 is 0 Å². The summed E-state index contributed by atoms with van der Waals surface area (Å²) in [5.41, 5.74) is 1.42. The van der Waals surface area contributed by atoms with Crippen LogP contribution >= 0.6 is 9.24 Å². The van der Waals surface area contributed by atoms with Crippen molar-refractivity contribution in [2.75, 3.05) is 12.8 Å². The summed E-state index contributed by atoms with van der Waals surface area (Å²) in [6.45, 7) is 0.964. The van der Waals surface area contributed by atoms with Crippen LogP contribution < -0.4 is 0 Å². The van der Waals surface area contributed by atoms with Gasteiger partial charge in [-0.2, -0.15) is 0 Å². The Kier molecular flexibility index (Phi) is 2.97. The second kappa shape index (κ2) is 4.21. The molecule has 2 heteroatoms. The van der Waals surface area contributed by atoms with Crippen LogP contribution in [0.3, 0.4) is 0 Å². The zero-order chi connectivity index (χ0) is 9.10. The van der Waals surface area contributed by atoms with E-state index in [1.165, 1.54) is 5.56 Å². The van der Waals surface area contributed by atoms with Crippen LogP contribution in [-0.4, -0.2) is 18.9 Å². The molecule has 1 unspecified atom stereocenters. The molecule has 1 saturated heterocycles. The van der Waals surface area contributed by atoms with Crippen molar-refractivity contribution in [3.05, 3.63) is 35.9 Å². The third-order valence-corrected chi connectivity index (χ3v) is 3.13. The topological polar surface area (TPSA) is 12.5 Å². The summed E-state index contributed by atoms with van der Waals surface area (Å²) in [4.78, 5) is 0. The van der Waals surface area contributed by atoms with Crippen LogP contribution in [0, 0.1) is 5.92 Å². The molecule has 2 rings (SSSR count). The van der Waals surface area contributed by atoms with Gasteiger partial charge < -0.3 is 4.74 Å². The molecule has 0 amide bonds. The fourth-order valence-corrected chi connectivity index (χ4v) is 2.08. The Balaban J connectivity index is 1.95. The maximum atomic E-state index is 5.32. The van der Waals surface area contributed by atoms with Crippen LogP contribution in [0.4, 0.5) is 0 Å². The number of rotatable bonds is 4. The molecular formula is C11H15OP. The van der Waals surface area contributed by atoms with Crippen molar-refractivity contribution in [1.29, 1.82) is 0 Å². The van der Waals surface area contributed by atoms with E-state index in [0.29, 0.717) is 12.0 Å². The minimum absolute atomic E-state index is 0.526. The molecule has 1 aliphatic heterocycles. The Morgan fingerprint density at radius 3 is 2.62 bits per heavy atom. The number of hydrogen-bond donors (Lipinski definition) is 0. The molecule has 0 N–H and O–H groups in total. The molecule has 0 spiro atoms. The van der Waals surface area contributed by atoms with Gasteiger partial charge in [0.2, 0.25) is 0 Å². The van der Waals surface area contributed by atoms with Crippen molar-refractivity contribution >= 4 is 9.24 Å². The van der Waals surface area contributed by atoms with Gasteiger partial charge in [0, 0.05) is 0 Å². The number of benzene rings is 1. The first kappa shape index (κ1) is 9.18. The van der Waals surface area contributed by atoms with E-state index in [4.69, 9.17) is 4.74 Å². The summed E-state index contributed by atoms with van der Waals surface area (Å²) in [5.74, 6) is 0.687. The van der Waals surface area contributed by atoms with Gasteiger partial charge in [0.25, 0.3) is 0 Å². The molecule has 1 fully saturated rings. The molecular weight excluding hydrogens is 179 g/mol. The normalized spacial score (nSPS) is 22.7. The Morgan fingerprint density at radius 2 is 2.08 bits per heavy atom. The Morgan fingerprint density at radius 1 is 1.38 bits per heavy atom. The maximum absolute atomic E-state index is 5.32. The lowest BCUT2D eigenvalue weighted by Crippen LogP contribution is -2.13. The van der Waals surface area contributed by atoms with E-state index in [2.05, 4.69) is 39.6 Å². The Hall–Kier alpha value is -0.390. The van der Waals surface area contributed by atoms with Gasteiger partial charge in [0.15, 0.2) is 0 Å². The van der Waals surface area contributed by atoms with E-state index in [1.54, 1.807) is 0 Å². The van der Waals surface area contributed by atoms with Gasteiger partial charge in [-0.1, -0.05) is 30.3 Å². The van der Waals surface area contributed by atoms with Crippen LogP contribution in [0.5, 0.6) is 0 Å². The van der Waals surface area contributed by atoms with Crippen molar-refractivity contribution in [2.45, 2.75) is 12.5 Å². The van der Waals surface area contributed by atoms with Crippen molar-refractivity contribution in [2.24, 2.45) is 5.92 Å². The van der Waals surface area contributed by atoms with Crippen LogP contribution in [0.15, 0.2) is 30.3 Å². The zero-order valence-corrected chi connectivity index (χ0v) is 8.80. The highest BCUT2D eigenvalue weighted by Gasteiger charge is 2.31. The number of hydrogen-bond acceptors (Lipinski definition) is 1. The molecule has 0 radical (unpaired) electrons. The summed E-state index contributed by atoms with van der Waals surface area (Å²) in [6, 6.07) is 10.6. The molecule has 70 valence electrons. The highest BCUT2D eigenvalue weighted by atomic mass is 31.0. The van der Waals surface area contributed by atoms with Crippen molar-refractivity contribution in [1.82, 2.24) is 0 Å². The van der Waals surface area contributed by atoms with Crippen LogP contribution in [0.25, 0.3) is 0 Å². The second-order valence-corrected chi connectivity index (χ2v) is 4.03. The number of epoxide rings is 1. The summed E-state index contributed by atoms with van der Waals surface area (Å²) >= 11 is 0. The zero-order valence-electron chi connectivity index (χ0n) is 7.65. The predicted molar refractivity (Wildman–Crippen MR) is 58.0 cm³/mol. The molecule has 1 aliphatic rings. The second-order valence-electron chi connectivity index (χ2n) is 3.56. The van der Waals surface area contributed by atoms with Gasteiger partial charge in [-0.05, 0) is 24.1 Å².